The lowest BCUT2D eigenvalue weighted by Crippen LogP contribution is -1.99. The number of nitrogens with one attached hydrogen (secondary N) is 1. The van der Waals surface area contributed by atoms with E-state index in [1.807, 2.05) is 18.3 Å². The normalized spacial score (nSPS) is 13.1. The van der Waals surface area contributed by atoms with Crippen molar-refractivity contribution < 1.29 is 4.74 Å². The Labute approximate surface area is 146 Å². The molecule has 0 fully saturated rings. The van der Waals surface area contributed by atoms with Crippen molar-refractivity contribution >= 4 is 34.0 Å². The first-order valence-corrected chi connectivity index (χ1v) is 8.80. The first-order valence-electron chi connectivity index (χ1n) is 8.43. The molecule has 0 saturated carbocycles. The average Bonchev–Trinajstić information content (AvgIpc) is 3.23. The van der Waals surface area contributed by atoms with Crippen molar-refractivity contribution in [1.82, 2.24) is 9.55 Å². The van der Waals surface area contributed by atoms with Crippen LogP contribution in [0.1, 0.15) is 25.3 Å². The Bertz CT molecular complexity index is 888. The molecule has 0 atom stereocenters. The van der Waals surface area contributed by atoms with Gasteiger partial charge in [0.1, 0.15) is 11.6 Å². The Balaban J connectivity index is 1.74. The predicted octanol–water partition coefficient (Wildman–Crippen LogP) is 5.17. The van der Waals surface area contributed by atoms with E-state index in [-0.39, 0.29) is 0 Å². The Morgan fingerprint density at radius 2 is 2.21 bits per heavy atom. The van der Waals surface area contributed by atoms with E-state index in [0.717, 1.165) is 41.2 Å². The number of ether oxygens (including phenoxy) is 1. The van der Waals surface area contributed by atoms with Crippen LogP contribution in [0, 0.1) is 0 Å². The van der Waals surface area contributed by atoms with E-state index in [0.29, 0.717) is 11.6 Å². The van der Waals surface area contributed by atoms with Crippen LogP contribution in [0.3, 0.4) is 0 Å². The molecule has 4 nitrogen and oxygen atoms in total. The molecule has 0 saturated heterocycles. The molecule has 3 heterocycles. The Hall–Kier alpha value is -2.20. The first kappa shape index (κ1) is 15.3. The lowest BCUT2D eigenvalue weighted by molar-refractivity contribution is 0.357. The van der Waals surface area contributed by atoms with E-state index in [4.69, 9.17) is 16.3 Å². The fourth-order valence-corrected chi connectivity index (χ4v) is 3.47. The van der Waals surface area contributed by atoms with Gasteiger partial charge in [0.15, 0.2) is 0 Å². The second-order valence-electron chi connectivity index (χ2n) is 6.08. The number of hydrogen-bond acceptors (Lipinski definition) is 3. The summed E-state index contributed by atoms with van der Waals surface area (Å²) in [7, 11) is 0. The van der Waals surface area contributed by atoms with Gasteiger partial charge < -0.3 is 14.6 Å². The minimum absolute atomic E-state index is 0.698. The van der Waals surface area contributed by atoms with Gasteiger partial charge in [-0.25, -0.2) is 4.98 Å². The lowest BCUT2D eigenvalue weighted by atomic mass is 10.1. The van der Waals surface area contributed by atoms with Crippen LogP contribution in [0.15, 0.2) is 36.7 Å². The summed E-state index contributed by atoms with van der Waals surface area (Å²) >= 11 is 6.43. The monoisotopic (exact) mass is 341 g/mol. The van der Waals surface area contributed by atoms with Gasteiger partial charge in [0.25, 0.3) is 0 Å². The summed E-state index contributed by atoms with van der Waals surface area (Å²) in [6.45, 7) is 3.94. The highest BCUT2D eigenvalue weighted by Gasteiger charge is 2.20. The molecule has 4 rings (SSSR count). The molecule has 124 valence electrons. The van der Waals surface area contributed by atoms with Crippen molar-refractivity contribution in [3.05, 3.63) is 47.2 Å². The number of fused-ring (bicyclic) bond motifs is 2. The topological polar surface area (TPSA) is 39.1 Å². The summed E-state index contributed by atoms with van der Waals surface area (Å²) in [5.41, 5.74) is 3.24. The van der Waals surface area contributed by atoms with Gasteiger partial charge in [-0.3, -0.25) is 0 Å². The minimum atomic E-state index is 0.698. The number of anilines is 2. The molecule has 1 aromatic carbocycles. The van der Waals surface area contributed by atoms with Crippen molar-refractivity contribution in [3.8, 4) is 5.75 Å². The zero-order valence-electron chi connectivity index (χ0n) is 13.7. The van der Waals surface area contributed by atoms with Gasteiger partial charge >= 0.3 is 0 Å². The van der Waals surface area contributed by atoms with Crippen LogP contribution in [0.4, 0.5) is 11.5 Å². The van der Waals surface area contributed by atoms with E-state index in [1.165, 1.54) is 18.4 Å². The molecule has 1 N–H and O–H groups in total. The summed E-state index contributed by atoms with van der Waals surface area (Å²) in [6.07, 6.45) is 7.20. The molecule has 0 aliphatic carbocycles. The highest BCUT2D eigenvalue weighted by atomic mass is 35.5. The van der Waals surface area contributed by atoms with Gasteiger partial charge in [-0.1, -0.05) is 24.9 Å². The summed E-state index contributed by atoms with van der Waals surface area (Å²) in [5.74, 6) is 1.75. The molecular weight excluding hydrogens is 322 g/mol. The minimum Gasteiger partial charge on any atom is -0.493 e. The zero-order chi connectivity index (χ0) is 16.5. The SMILES string of the molecule is CCCCn1ccc2c(Nc3c(Cl)ccc4c3CCO4)nccc21. The van der Waals surface area contributed by atoms with Gasteiger partial charge in [-0.2, -0.15) is 0 Å². The summed E-state index contributed by atoms with van der Waals surface area (Å²) in [4.78, 5) is 4.54. The van der Waals surface area contributed by atoms with Crippen LogP contribution < -0.4 is 10.1 Å². The third-order valence-electron chi connectivity index (χ3n) is 4.52. The van der Waals surface area contributed by atoms with E-state index < -0.39 is 0 Å². The lowest BCUT2D eigenvalue weighted by Gasteiger charge is -2.13. The van der Waals surface area contributed by atoms with Crippen LogP contribution in [-0.4, -0.2) is 16.2 Å². The Morgan fingerprint density at radius 3 is 3.08 bits per heavy atom. The number of rotatable bonds is 5. The van der Waals surface area contributed by atoms with Gasteiger partial charge in [0.05, 0.1) is 22.8 Å². The Morgan fingerprint density at radius 1 is 1.29 bits per heavy atom. The highest BCUT2D eigenvalue weighted by Crippen LogP contribution is 2.39. The van der Waals surface area contributed by atoms with Crippen LogP contribution in [0.25, 0.3) is 10.9 Å². The molecule has 1 aliphatic rings. The van der Waals surface area contributed by atoms with Crippen molar-refractivity contribution in [3.63, 3.8) is 0 Å². The molecule has 0 radical (unpaired) electrons. The third kappa shape index (κ3) is 2.61. The number of aryl methyl sites for hydroxylation is 1. The summed E-state index contributed by atoms with van der Waals surface area (Å²) < 4.78 is 7.93. The van der Waals surface area contributed by atoms with Crippen LogP contribution in [-0.2, 0) is 13.0 Å². The quantitative estimate of drug-likeness (QED) is 0.696. The van der Waals surface area contributed by atoms with Crippen molar-refractivity contribution in [2.75, 3.05) is 11.9 Å². The van der Waals surface area contributed by atoms with Crippen molar-refractivity contribution in [1.29, 1.82) is 0 Å². The molecule has 0 bridgehead atoms. The standard InChI is InChI=1S/C19H20ClN3O/c1-2-3-10-23-11-7-13-16(23)6-9-21-19(13)22-18-14-8-12-24-17(14)5-4-15(18)20/h4-7,9,11H,2-3,8,10,12H2,1H3,(H,21,22). The molecule has 5 heteroatoms. The van der Waals surface area contributed by atoms with Crippen LogP contribution in [0.5, 0.6) is 5.75 Å². The second kappa shape index (κ2) is 6.36. The van der Waals surface area contributed by atoms with Crippen LogP contribution >= 0.6 is 11.6 Å². The highest BCUT2D eigenvalue weighted by molar-refractivity contribution is 6.33. The summed E-state index contributed by atoms with van der Waals surface area (Å²) in [5, 5.41) is 5.26. The molecule has 1 aliphatic heterocycles. The number of nitrogens with zero attached hydrogens (tertiary/aromatic N) is 2. The van der Waals surface area contributed by atoms with Gasteiger partial charge in [0, 0.05) is 36.3 Å². The number of aromatic nitrogens is 2. The Kier molecular flexibility index (Phi) is 4.07. The number of pyridine rings is 1. The molecule has 0 spiro atoms. The first-order chi connectivity index (χ1) is 11.8. The number of unbranched alkanes of at least 4 members (excludes halogenated alkanes) is 1. The smallest absolute Gasteiger partial charge is 0.139 e. The maximum atomic E-state index is 6.43. The average molecular weight is 342 g/mol. The van der Waals surface area contributed by atoms with E-state index in [9.17, 15) is 0 Å². The molecule has 2 aromatic heterocycles. The summed E-state index contributed by atoms with van der Waals surface area (Å²) in [6, 6.07) is 8.00. The van der Waals surface area contributed by atoms with E-state index in [2.05, 4.69) is 40.1 Å². The number of hydrogen-bond donors (Lipinski definition) is 1. The van der Waals surface area contributed by atoms with Crippen LogP contribution in [0.2, 0.25) is 5.02 Å². The van der Waals surface area contributed by atoms with Gasteiger partial charge in [-0.05, 0) is 30.7 Å². The predicted molar refractivity (Wildman–Crippen MR) is 98.6 cm³/mol. The van der Waals surface area contributed by atoms with Gasteiger partial charge in [-0.15, -0.1) is 0 Å². The van der Waals surface area contributed by atoms with Gasteiger partial charge in [0.2, 0.25) is 0 Å². The maximum Gasteiger partial charge on any atom is 0.139 e. The molecule has 3 aromatic rings. The number of halogens is 1. The van der Waals surface area contributed by atoms with E-state index in [1.54, 1.807) is 0 Å². The molecule has 0 amide bonds. The third-order valence-corrected chi connectivity index (χ3v) is 4.84. The van der Waals surface area contributed by atoms with E-state index >= 15 is 0 Å². The molecule has 0 unspecified atom stereocenters. The second-order valence-corrected chi connectivity index (χ2v) is 6.48. The maximum absolute atomic E-state index is 6.43. The fourth-order valence-electron chi connectivity index (χ4n) is 3.25. The molecule has 24 heavy (non-hydrogen) atoms. The van der Waals surface area contributed by atoms with Crippen molar-refractivity contribution in [2.45, 2.75) is 32.7 Å². The number of benzene rings is 1. The van der Waals surface area contributed by atoms with Crippen molar-refractivity contribution in [2.24, 2.45) is 0 Å². The fraction of sp³-hybridized carbons (Fsp3) is 0.316. The molecular formula is C19H20ClN3O. The zero-order valence-corrected chi connectivity index (χ0v) is 14.4. The largest absolute Gasteiger partial charge is 0.493 e.